The fourth-order valence-corrected chi connectivity index (χ4v) is 2.38. The molecule has 0 aliphatic rings. The van der Waals surface area contributed by atoms with E-state index in [2.05, 4.69) is 22.0 Å². The molecule has 0 fully saturated rings. The summed E-state index contributed by atoms with van der Waals surface area (Å²) in [6.45, 7) is 5.47. The fraction of sp³-hybridized carbons (Fsp3) is 0.118. The third-order valence-corrected chi connectivity index (χ3v) is 3.51. The summed E-state index contributed by atoms with van der Waals surface area (Å²) in [7, 11) is 1.55. The molecular formula is C17H16N4O2. The second-order valence-electron chi connectivity index (χ2n) is 5.03. The highest BCUT2D eigenvalue weighted by Gasteiger charge is 2.07. The van der Waals surface area contributed by atoms with E-state index in [0.717, 1.165) is 16.9 Å². The third-order valence-electron chi connectivity index (χ3n) is 3.51. The molecular weight excluding hydrogens is 292 g/mol. The average molecular weight is 308 g/mol. The van der Waals surface area contributed by atoms with Crippen LogP contribution in [0.2, 0.25) is 0 Å². The molecule has 2 heterocycles. The Morgan fingerprint density at radius 2 is 2.13 bits per heavy atom. The van der Waals surface area contributed by atoms with Crippen molar-refractivity contribution >= 4 is 29.6 Å². The molecule has 1 aromatic carbocycles. The summed E-state index contributed by atoms with van der Waals surface area (Å²) >= 11 is 0. The lowest BCUT2D eigenvalue weighted by Crippen LogP contribution is -2.15. The van der Waals surface area contributed by atoms with E-state index in [-0.39, 0.29) is 5.56 Å². The van der Waals surface area contributed by atoms with Crippen LogP contribution in [-0.2, 0) is 0 Å². The Bertz CT molecular complexity index is 947. The maximum Gasteiger partial charge on any atom is 0.260 e. The highest BCUT2D eigenvalue weighted by Crippen LogP contribution is 2.24. The molecule has 0 amide bonds. The minimum Gasteiger partial charge on any atom is -0.493 e. The number of ether oxygens (including phenoxy) is 1. The van der Waals surface area contributed by atoms with Gasteiger partial charge < -0.3 is 10.1 Å². The minimum absolute atomic E-state index is 0.183. The van der Waals surface area contributed by atoms with Gasteiger partial charge in [0, 0.05) is 18.0 Å². The predicted octanol–water partition coefficient (Wildman–Crippen LogP) is 3.09. The molecule has 6 nitrogen and oxygen atoms in total. The standard InChI is InChI=1S/C17H16N4O2/c1-11-9-12(6-7-13(11)18-2)19-15-10-16(22)21-8-4-5-14(23-3)17(21)20-15/h4-10,19H,2H2,1,3H3. The molecule has 0 saturated carbocycles. The number of methoxy groups -OCH3 is 1. The first-order valence-electron chi connectivity index (χ1n) is 7.03. The van der Waals surface area contributed by atoms with Gasteiger partial charge >= 0.3 is 0 Å². The number of aliphatic imine (C=N–C) groups is 1. The lowest BCUT2D eigenvalue weighted by atomic mass is 10.2. The van der Waals surface area contributed by atoms with E-state index in [1.807, 2.05) is 25.1 Å². The van der Waals surface area contributed by atoms with Crippen molar-refractivity contribution < 1.29 is 4.74 Å². The van der Waals surface area contributed by atoms with Gasteiger partial charge in [-0.1, -0.05) is 0 Å². The Balaban J connectivity index is 2.05. The van der Waals surface area contributed by atoms with Gasteiger partial charge in [-0.3, -0.25) is 14.2 Å². The molecule has 0 bridgehead atoms. The fourth-order valence-electron chi connectivity index (χ4n) is 2.38. The van der Waals surface area contributed by atoms with Crippen LogP contribution in [0.3, 0.4) is 0 Å². The number of rotatable bonds is 4. The summed E-state index contributed by atoms with van der Waals surface area (Å²) in [6.07, 6.45) is 1.66. The summed E-state index contributed by atoms with van der Waals surface area (Å²) in [5.41, 5.74) is 2.91. The van der Waals surface area contributed by atoms with E-state index >= 15 is 0 Å². The first kappa shape index (κ1) is 14.8. The van der Waals surface area contributed by atoms with Crippen LogP contribution < -0.4 is 15.6 Å². The topological polar surface area (TPSA) is 68.0 Å². The molecule has 0 unspecified atom stereocenters. The Morgan fingerprint density at radius 1 is 1.30 bits per heavy atom. The van der Waals surface area contributed by atoms with Crippen LogP contribution in [0.25, 0.3) is 5.65 Å². The van der Waals surface area contributed by atoms with Gasteiger partial charge in [-0.05, 0) is 49.5 Å². The van der Waals surface area contributed by atoms with Gasteiger partial charge in [0.2, 0.25) is 0 Å². The first-order chi connectivity index (χ1) is 11.1. The van der Waals surface area contributed by atoms with Crippen LogP contribution in [0.4, 0.5) is 17.2 Å². The van der Waals surface area contributed by atoms with Gasteiger partial charge in [0.1, 0.15) is 5.82 Å². The van der Waals surface area contributed by atoms with Gasteiger partial charge in [0.05, 0.1) is 12.8 Å². The van der Waals surface area contributed by atoms with Gasteiger partial charge in [0.15, 0.2) is 11.4 Å². The molecule has 6 heteroatoms. The van der Waals surface area contributed by atoms with Crippen molar-refractivity contribution in [2.75, 3.05) is 12.4 Å². The molecule has 0 atom stereocenters. The summed E-state index contributed by atoms with van der Waals surface area (Å²) in [4.78, 5) is 20.6. The number of hydrogen-bond acceptors (Lipinski definition) is 5. The molecule has 0 radical (unpaired) electrons. The number of aryl methyl sites for hydroxylation is 1. The third kappa shape index (κ3) is 2.78. The maximum atomic E-state index is 12.2. The van der Waals surface area contributed by atoms with Crippen LogP contribution in [0.15, 0.2) is 52.4 Å². The highest BCUT2D eigenvalue weighted by molar-refractivity contribution is 5.65. The molecule has 0 saturated heterocycles. The molecule has 3 rings (SSSR count). The lowest BCUT2D eigenvalue weighted by Gasteiger charge is -2.10. The number of hydrogen-bond donors (Lipinski definition) is 1. The Hall–Kier alpha value is -3.15. The van der Waals surface area contributed by atoms with E-state index in [0.29, 0.717) is 17.2 Å². The van der Waals surface area contributed by atoms with Crippen molar-refractivity contribution in [2.45, 2.75) is 6.92 Å². The SMILES string of the molecule is C=Nc1ccc(Nc2cc(=O)n3cccc(OC)c3n2)cc1C. The van der Waals surface area contributed by atoms with E-state index in [9.17, 15) is 4.79 Å². The number of pyridine rings is 1. The number of nitrogens with zero attached hydrogens (tertiary/aromatic N) is 3. The predicted molar refractivity (Wildman–Crippen MR) is 91.7 cm³/mol. The van der Waals surface area contributed by atoms with Gasteiger partial charge in [-0.2, -0.15) is 0 Å². The van der Waals surface area contributed by atoms with E-state index in [1.54, 1.807) is 25.4 Å². The maximum absolute atomic E-state index is 12.2. The van der Waals surface area contributed by atoms with Crippen LogP contribution in [-0.4, -0.2) is 23.2 Å². The molecule has 0 aliphatic carbocycles. The number of anilines is 2. The Kier molecular flexibility index (Phi) is 3.80. The average Bonchev–Trinajstić information content (AvgIpc) is 2.54. The molecule has 1 N–H and O–H groups in total. The number of benzene rings is 1. The molecule has 3 aromatic rings. The van der Waals surface area contributed by atoms with Crippen molar-refractivity contribution in [1.82, 2.24) is 9.38 Å². The van der Waals surface area contributed by atoms with Gasteiger partial charge in [0.25, 0.3) is 5.56 Å². The quantitative estimate of drug-likeness (QED) is 0.752. The molecule has 23 heavy (non-hydrogen) atoms. The van der Waals surface area contributed by atoms with Crippen molar-refractivity contribution in [1.29, 1.82) is 0 Å². The zero-order chi connectivity index (χ0) is 16.4. The van der Waals surface area contributed by atoms with Crippen molar-refractivity contribution in [3.8, 4) is 5.75 Å². The minimum atomic E-state index is -0.183. The Morgan fingerprint density at radius 3 is 2.83 bits per heavy atom. The van der Waals surface area contributed by atoms with Crippen molar-refractivity contribution in [3.63, 3.8) is 0 Å². The number of fused-ring (bicyclic) bond motifs is 1. The van der Waals surface area contributed by atoms with Crippen LogP contribution in [0, 0.1) is 6.92 Å². The second kappa shape index (κ2) is 5.92. The highest BCUT2D eigenvalue weighted by atomic mass is 16.5. The number of nitrogens with one attached hydrogen (secondary N) is 1. The van der Waals surface area contributed by atoms with Crippen LogP contribution >= 0.6 is 0 Å². The number of aromatic nitrogens is 2. The lowest BCUT2D eigenvalue weighted by molar-refractivity contribution is 0.416. The van der Waals surface area contributed by atoms with Crippen LogP contribution in [0.5, 0.6) is 5.75 Å². The monoisotopic (exact) mass is 308 g/mol. The normalized spacial score (nSPS) is 10.5. The van der Waals surface area contributed by atoms with Crippen molar-refractivity contribution in [3.05, 3.63) is 58.5 Å². The van der Waals surface area contributed by atoms with E-state index in [1.165, 1.54) is 10.5 Å². The van der Waals surface area contributed by atoms with E-state index in [4.69, 9.17) is 4.74 Å². The second-order valence-corrected chi connectivity index (χ2v) is 5.03. The summed E-state index contributed by atoms with van der Waals surface area (Å²) in [5.74, 6) is 0.994. The zero-order valence-corrected chi connectivity index (χ0v) is 12.9. The summed E-state index contributed by atoms with van der Waals surface area (Å²) in [5, 5.41) is 3.14. The smallest absolute Gasteiger partial charge is 0.260 e. The van der Waals surface area contributed by atoms with E-state index < -0.39 is 0 Å². The summed E-state index contributed by atoms with van der Waals surface area (Å²) in [6, 6.07) is 10.6. The molecule has 116 valence electrons. The largest absolute Gasteiger partial charge is 0.493 e. The molecule has 0 spiro atoms. The van der Waals surface area contributed by atoms with Gasteiger partial charge in [-0.25, -0.2) is 4.98 Å². The Labute approximate surface area is 133 Å². The van der Waals surface area contributed by atoms with Gasteiger partial charge in [-0.15, -0.1) is 0 Å². The molecule has 2 aromatic heterocycles. The zero-order valence-electron chi connectivity index (χ0n) is 12.9. The first-order valence-corrected chi connectivity index (χ1v) is 7.03. The summed E-state index contributed by atoms with van der Waals surface area (Å²) < 4.78 is 6.71. The van der Waals surface area contributed by atoms with Crippen LogP contribution in [0.1, 0.15) is 5.56 Å². The molecule has 0 aliphatic heterocycles. The van der Waals surface area contributed by atoms with Crippen molar-refractivity contribution in [2.24, 2.45) is 4.99 Å².